The van der Waals surface area contributed by atoms with Crippen molar-refractivity contribution in [2.45, 2.75) is 57.0 Å². The molecule has 1 N–H and O–H groups in total. The number of nitrogens with zero attached hydrogens (tertiary/aromatic N) is 4. The molecule has 5 nitrogen and oxygen atoms in total. The summed E-state index contributed by atoms with van der Waals surface area (Å²) in [6.07, 6.45) is 11.4. The summed E-state index contributed by atoms with van der Waals surface area (Å²) in [4.78, 5) is 9.04. The zero-order chi connectivity index (χ0) is 19.3. The van der Waals surface area contributed by atoms with Crippen molar-refractivity contribution in [2.24, 2.45) is 7.05 Å². The highest BCUT2D eigenvalue weighted by Gasteiger charge is 2.40. The van der Waals surface area contributed by atoms with Crippen LogP contribution in [0, 0.1) is 0 Å². The summed E-state index contributed by atoms with van der Waals surface area (Å²) in [5.74, 6) is 1.43. The highest BCUT2D eigenvalue weighted by Crippen LogP contribution is 2.52. The maximum Gasteiger partial charge on any atom is 0.162 e. The molecular weight excluding hydrogens is 346 g/mol. The van der Waals surface area contributed by atoms with E-state index >= 15 is 0 Å². The first-order chi connectivity index (χ1) is 13.5. The van der Waals surface area contributed by atoms with Gasteiger partial charge in [-0.15, -0.1) is 0 Å². The van der Waals surface area contributed by atoms with Crippen LogP contribution < -0.4 is 5.32 Å². The van der Waals surface area contributed by atoms with Crippen molar-refractivity contribution in [1.29, 1.82) is 0 Å². The molecule has 0 saturated heterocycles. The third-order valence-electron chi connectivity index (χ3n) is 6.51. The molecule has 0 amide bonds. The largest absolute Gasteiger partial charge is 0.306 e. The van der Waals surface area contributed by atoms with Crippen LogP contribution in [0.5, 0.6) is 0 Å². The molecule has 0 bridgehead atoms. The molecule has 2 aliphatic rings. The highest BCUT2D eigenvalue weighted by atomic mass is 15.2. The van der Waals surface area contributed by atoms with E-state index < -0.39 is 0 Å². The van der Waals surface area contributed by atoms with Crippen LogP contribution in [-0.2, 0) is 19.0 Å². The van der Waals surface area contributed by atoms with Gasteiger partial charge in [-0.2, -0.15) is 5.10 Å². The van der Waals surface area contributed by atoms with Gasteiger partial charge in [0, 0.05) is 43.8 Å². The number of benzene rings is 1. The Labute approximate surface area is 166 Å². The molecule has 1 aromatic carbocycles. The third kappa shape index (κ3) is 2.94. The Morgan fingerprint density at radius 2 is 2.00 bits per heavy atom. The van der Waals surface area contributed by atoms with E-state index in [4.69, 9.17) is 0 Å². The lowest BCUT2D eigenvalue weighted by molar-refractivity contribution is 0.380. The molecule has 2 unspecified atom stereocenters. The number of aromatic nitrogens is 4. The molecule has 2 atom stereocenters. The molecule has 0 spiro atoms. The SMILES string of the molecule is Cn1cc(-c2ncc(CNC3CC4CCC(C)(C)c5cccc3c54)cn2)cn1. The molecule has 0 saturated carbocycles. The molecule has 3 aromatic rings. The summed E-state index contributed by atoms with van der Waals surface area (Å²) in [7, 11) is 1.90. The number of hydrogen-bond donors (Lipinski definition) is 1. The predicted octanol–water partition coefficient (Wildman–Crippen LogP) is 4.27. The van der Waals surface area contributed by atoms with Crippen molar-refractivity contribution in [3.63, 3.8) is 0 Å². The molecular formula is C23H27N5. The first kappa shape index (κ1) is 17.6. The van der Waals surface area contributed by atoms with Crippen LogP contribution in [-0.4, -0.2) is 19.7 Å². The summed E-state index contributed by atoms with van der Waals surface area (Å²) >= 11 is 0. The Morgan fingerprint density at radius 3 is 2.75 bits per heavy atom. The fourth-order valence-corrected chi connectivity index (χ4v) is 4.96. The van der Waals surface area contributed by atoms with Gasteiger partial charge in [0.05, 0.1) is 11.8 Å². The lowest BCUT2D eigenvalue weighted by atomic mass is 9.69. The van der Waals surface area contributed by atoms with Gasteiger partial charge in [0.25, 0.3) is 0 Å². The first-order valence-electron chi connectivity index (χ1n) is 10.2. The van der Waals surface area contributed by atoms with E-state index in [0.29, 0.717) is 17.4 Å². The second-order valence-electron chi connectivity index (χ2n) is 8.91. The Bertz CT molecular complexity index is 1000. The minimum Gasteiger partial charge on any atom is -0.306 e. The van der Waals surface area contributed by atoms with Crippen molar-refractivity contribution in [2.75, 3.05) is 0 Å². The number of aryl methyl sites for hydroxylation is 1. The molecule has 0 aliphatic heterocycles. The van der Waals surface area contributed by atoms with E-state index in [-0.39, 0.29) is 0 Å². The van der Waals surface area contributed by atoms with Gasteiger partial charge in [-0.05, 0) is 47.3 Å². The molecule has 2 aliphatic carbocycles. The standard InChI is InChI=1S/C23H27N5/c1-23(2)8-7-16-9-20(18-5-4-6-19(23)21(16)18)24-10-15-11-25-22(26-12-15)17-13-27-28(3)14-17/h4-6,11-14,16,20,24H,7-10H2,1-3H3. The maximum absolute atomic E-state index is 4.52. The van der Waals surface area contributed by atoms with Crippen molar-refractivity contribution in [1.82, 2.24) is 25.1 Å². The minimum absolute atomic E-state index is 0.298. The van der Waals surface area contributed by atoms with Gasteiger partial charge in [-0.1, -0.05) is 32.0 Å². The Balaban J connectivity index is 1.32. The molecule has 2 heterocycles. The minimum atomic E-state index is 0.298. The summed E-state index contributed by atoms with van der Waals surface area (Å²) in [6.45, 7) is 5.57. The molecule has 5 rings (SSSR count). The normalized spacial score (nSPS) is 22.2. The molecule has 0 radical (unpaired) electrons. The topological polar surface area (TPSA) is 55.6 Å². The molecule has 0 fully saturated rings. The Morgan fingerprint density at radius 1 is 1.18 bits per heavy atom. The van der Waals surface area contributed by atoms with E-state index in [9.17, 15) is 0 Å². The van der Waals surface area contributed by atoms with Crippen LogP contribution in [0.1, 0.15) is 67.3 Å². The third-order valence-corrected chi connectivity index (χ3v) is 6.51. The maximum atomic E-state index is 4.52. The van der Waals surface area contributed by atoms with E-state index in [1.807, 2.05) is 25.6 Å². The number of hydrogen-bond acceptors (Lipinski definition) is 4. The van der Waals surface area contributed by atoms with Gasteiger partial charge in [0.2, 0.25) is 0 Å². The second-order valence-corrected chi connectivity index (χ2v) is 8.91. The van der Waals surface area contributed by atoms with E-state index in [1.54, 1.807) is 22.0 Å². The number of nitrogens with one attached hydrogen (secondary N) is 1. The van der Waals surface area contributed by atoms with Gasteiger partial charge < -0.3 is 5.32 Å². The van der Waals surface area contributed by atoms with Crippen LogP contribution in [0.15, 0.2) is 43.0 Å². The molecule has 144 valence electrons. The van der Waals surface area contributed by atoms with Crippen molar-refractivity contribution in [3.8, 4) is 11.4 Å². The van der Waals surface area contributed by atoms with Gasteiger partial charge in [-0.25, -0.2) is 9.97 Å². The first-order valence-corrected chi connectivity index (χ1v) is 10.2. The lowest BCUT2D eigenvalue weighted by Gasteiger charge is -2.35. The zero-order valence-corrected chi connectivity index (χ0v) is 16.8. The van der Waals surface area contributed by atoms with Crippen LogP contribution in [0.25, 0.3) is 11.4 Å². The average molecular weight is 374 g/mol. The molecule has 2 aromatic heterocycles. The quantitative estimate of drug-likeness (QED) is 0.742. The summed E-state index contributed by atoms with van der Waals surface area (Å²) in [5.41, 5.74) is 7.05. The Kier molecular flexibility index (Phi) is 4.09. The summed E-state index contributed by atoms with van der Waals surface area (Å²) in [5, 5.41) is 7.95. The smallest absolute Gasteiger partial charge is 0.162 e. The van der Waals surface area contributed by atoms with E-state index in [1.165, 1.54) is 24.8 Å². The predicted molar refractivity (Wildman–Crippen MR) is 110 cm³/mol. The second kappa shape index (κ2) is 6.52. The van der Waals surface area contributed by atoms with Gasteiger partial charge >= 0.3 is 0 Å². The van der Waals surface area contributed by atoms with Crippen LogP contribution >= 0.6 is 0 Å². The van der Waals surface area contributed by atoms with Crippen LogP contribution in [0.4, 0.5) is 0 Å². The highest BCUT2D eigenvalue weighted by molar-refractivity contribution is 5.51. The molecule has 28 heavy (non-hydrogen) atoms. The monoisotopic (exact) mass is 373 g/mol. The van der Waals surface area contributed by atoms with E-state index in [0.717, 1.165) is 23.5 Å². The summed E-state index contributed by atoms with van der Waals surface area (Å²) < 4.78 is 1.77. The van der Waals surface area contributed by atoms with E-state index in [2.05, 4.69) is 52.4 Å². The zero-order valence-electron chi connectivity index (χ0n) is 16.8. The fraction of sp³-hybridized carbons (Fsp3) is 0.435. The lowest BCUT2D eigenvalue weighted by Crippen LogP contribution is -2.25. The van der Waals surface area contributed by atoms with Crippen molar-refractivity contribution in [3.05, 3.63) is 65.2 Å². The van der Waals surface area contributed by atoms with Crippen LogP contribution in [0.3, 0.4) is 0 Å². The van der Waals surface area contributed by atoms with Gasteiger partial charge in [-0.3, -0.25) is 4.68 Å². The fourth-order valence-electron chi connectivity index (χ4n) is 4.96. The summed E-state index contributed by atoms with van der Waals surface area (Å²) in [6, 6.07) is 7.33. The Hall–Kier alpha value is -2.53. The van der Waals surface area contributed by atoms with Crippen molar-refractivity contribution < 1.29 is 0 Å². The van der Waals surface area contributed by atoms with Crippen LogP contribution in [0.2, 0.25) is 0 Å². The van der Waals surface area contributed by atoms with Gasteiger partial charge in [0.15, 0.2) is 5.82 Å². The van der Waals surface area contributed by atoms with Crippen molar-refractivity contribution >= 4 is 0 Å². The average Bonchev–Trinajstić information content (AvgIpc) is 3.28. The molecule has 5 heteroatoms. The van der Waals surface area contributed by atoms with Gasteiger partial charge in [0.1, 0.15) is 0 Å². The number of rotatable bonds is 4.